The molecule has 3 aromatic rings. The molecule has 0 amide bonds. The van der Waals surface area contributed by atoms with E-state index in [4.69, 9.17) is 0 Å². The van der Waals surface area contributed by atoms with E-state index in [1.807, 2.05) is 0 Å². The van der Waals surface area contributed by atoms with Crippen LogP contribution >= 0.6 is 0 Å². The molecule has 2 heteroatoms. The molecule has 1 nitrogen and oxygen atoms in total. The van der Waals surface area contributed by atoms with Gasteiger partial charge in [0, 0.05) is 11.4 Å². The Balaban J connectivity index is 2.30. The topological polar surface area (TPSA) is 12.0 Å². The molecule has 0 saturated carbocycles. The maximum Gasteiger partial charge on any atom is 0.150 e. The Kier molecular flexibility index (Phi) is 11.3. The second kappa shape index (κ2) is 14.4. The summed E-state index contributed by atoms with van der Waals surface area (Å²) >= 11 is 0. The smallest absolute Gasteiger partial charge is 0.150 e. The second-order valence-electron chi connectivity index (χ2n) is 11.5. The Morgan fingerprint density at radius 1 is 0.703 bits per heavy atom. The number of nitrogens with one attached hydrogen (secondary N) is 1. The third kappa shape index (κ3) is 7.26. The summed E-state index contributed by atoms with van der Waals surface area (Å²) in [7, 11) is -2.43. The second-order valence-corrected chi connectivity index (χ2v) is 16.3. The van der Waals surface area contributed by atoms with Crippen molar-refractivity contribution in [1.82, 2.24) is 0 Å². The van der Waals surface area contributed by atoms with Crippen LogP contribution in [0.1, 0.15) is 86.0 Å². The minimum absolute atomic E-state index is 0.0788. The van der Waals surface area contributed by atoms with Gasteiger partial charge in [-0.2, -0.15) is 0 Å². The molecule has 3 aromatic carbocycles. The Bertz CT molecular complexity index is 1010. The Morgan fingerprint density at radius 3 is 1.68 bits per heavy atom. The number of allylic oxidation sites excluding steroid dienone is 1. The zero-order chi connectivity index (χ0) is 26.6. The molecule has 0 bridgehead atoms. The summed E-state index contributed by atoms with van der Waals surface area (Å²) in [4.78, 5) is 0. The first-order valence-electron chi connectivity index (χ1n) is 14.6. The predicted molar refractivity (Wildman–Crippen MR) is 168 cm³/mol. The molecule has 0 heterocycles. The van der Waals surface area contributed by atoms with Gasteiger partial charge in [-0.05, 0) is 42.9 Å². The average molecular weight is 512 g/mol. The molecule has 0 radical (unpaired) electrons. The Morgan fingerprint density at radius 2 is 1.19 bits per heavy atom. The van der Waals surface area contributed by atoms with E-state index < -0.39 is 8.07 Å². The van der Waals surface area contributed by atoms with E-state index in [1.165, 1.54) is 61.0 Å². The van der Waals surface area contributed by atoms with Crippen LogP contribution in [-0.2, 0) is 0 Å². The van der Waals surface area contributed by atoms with Crippen molar-refractivity contribution in [3.05, 3.63) is 103 Å². The average Bonchev–Trinajstić information content (AvgIpc) is 2.91. The number of anilines is 1. The van der Waals surface area contributed by atoms with Crippen molar-refractivity contribution in [3.8, 4) is 0 Å². The van der Waals surface area contributed by atoms with Crippen molar-refractivity contribution >= 4 is 24.1 Å². The lowest BCUT2D eigenvalue weighted by Gasteiger charge is -2.50. The van der Waals surface area contributed by atoms with Crippen LogP contribution in [0, 0.1) is 0 Å². The molecule has 1 N–H and O–H groups in total. The molecule has 0 spiro atoms. The van der Waals surface area contributed by atoms with Gasteiger partial charge in [-0.1, -0.05) is 161 Å². The fourth-order valence-corrected chi connectivity index (χ4v) is 12.2. The lowest BCUT2D eigenvalue weighted by molar-refractivity contribution is 0.675. The largest absolute Gasteiger partial charge is 0.380 e. The van der Waals surface area contributed by atoms with Crippen LogP contribution in [0.15, 0.2) is 103 Å². The van der Waals surface area contributed by atoms with E-state index in [0.717, 1.165) is 6.42 Å². The standard InChI is InChI=1S/C35H49NSi/c1-6-8-10-15-23-30(22-14-9-7-2)34(36-31-24-16-11-17-25-31)37(35(3,4)5,32-26-18-12-19-27-32)33-28-20-13-21-29-33/h11-13,16-21,23-29,34,36H,6-10,14-15,22H2,1-5H3/b30-23+. The quantitative estimate of drug-likeness (QED) is 0.129. The van der Waals surface area contributed by atoms with Gasteiger partial charge in [-0.15, -0.1) is 0 Å². The third-order valence-corrected chi connectivity index (χ3v) is 14.0. The van der Waals surface area contributed by atoms with Gasteiger partial charge in [-0.25, -0.2) is 0 Å². The van der Waals surface area contributed by atoms with Gasteiger partial charge in [0.2, 0.25) is 0 Å². The molecule has 0 aliphatic heterocycles. The molecule has 0 fully saturated rings. The van der Waals surface area contributed by atoms with Crippen molar-refractivity contribution in [1.29, 1.82) is 0 Å². The van der Waals surface area contributed by atoms with Crippen LogP contribution in [0.2, 0.25) is 5.04 Å². The van der Waals surface area contributed by atoms with E-state index >= 15 is 0 Å². The molecule has 0 aliphatic carbocycles. The maximum absolute atomic E-state index is 4.18. The normalized spacial score (nSPS) is 13.4. The van der Waals surface area contributed by atoms with Crippen molar-refractivity contribution in [2.24, 2.45) is 0 Å². The first kappa shape index (κ1) is 29.0. The Labute approximate surface area is 228 Å². The van der Waals surface area contributed by atoms with E-state index in [-0.39, 0.29) is 10.7 Å². The fraction of sp³-hybridized carbons (Fsp3) is 0.429. The number of para-hydroxylation sites is 1. The van der Waals surface area contributed by atoms with E-state index in [0.29, 0.717) is 0 Å². The molecular weight excluding hydrogens is 462 g/mol. The summed E-state index contributed by atoms with van der Waals surface area (Å²) in [6.07, 6.45) is 12.6. The van der Waals surface area contributed by atoms with Gasteiger partial charge in [0.25, 0.3) is 0 Å². The molecule has 3 rings (SSSR count). The summed E-state index contributed by atoms with van der Waals surface area (Å²) in [5, 5.41) is 7.29. The lowest BCUT2D eigenvalue weighted by Crippen LogP contribution is -2.73. The molecule has 1 unspecified atom stereocenters. The maximum atomic E-state index is 4.18. The molecule has 0 aromatic heterocycles. The first-order valence-corrected chi connectivity index (χ1v) is 16.6. The summed E-state index contributed by atoms with van der Waals surface area (Å²) in [5.41, 5.74) is 3.09. The van der Waals surface area contributed by atoms with Gasteiger partial charge in [0.15, 0.2) is 8.07 Å². The molecule has 0 saturated heterocycles. The highest BCUT2D eigenvalue weighted by Crippen LogP contribution is 2.42. The van der Waals surface area contributed by atoms with E-state index in [9.17, 15) is 0 Å². The molecular formula is C35H49NSi. The zero-order valence-corrected chi connectivity index (χ0v) is 25.0. The summed E-state index contributed by atoms with van der Waals surface area (Å²) < 4.78 is 0. The van der Waals surface area contributed by atoms with E-state index in [1.54, 1.807) is 5.57 Å². The fourth-order valence-electron chi connectivity index (χ4n) is 6.01. The summed E-state index contributed by atoms with van der Waals surface area (Å²) in [6, 6.07) is 33.9. The number of unbranched alkanes of at least 4 members (excludes halogenated alkanes) is 5. The van der Waals surface area contributed by atoms with Crippen LogP contribution in [0.5, 0.6) is 0 Å². The van der Waals surface area contributed by atoms with Crippen LogP contribution in [0.25, 0.3) is 0 Å². The van der Waals surface area contributed by atoms with Gasteiger partial charge in [0.05, 0.1) is 0 Å². The van der Waals surface area contributed by atoms with E-state index in [2.05, 4.69) is 137 Å². The van der Waals surface area contributed by atoms with Gasteiger partial charge >= 0.3 is 0 Å². The highest BCUT2D eigenvalue weighted by atomic mass is 28.3. The zero-order valence-electron chi connectivity index (χ0n) is 24.0. The molecule has 1 atom stereocenters. The minimum atomic E-state index is -2.43. The number of rotatable bonds is 14. The van der Waals surface area contributed by atoms with Gasteiger partial charge < -0.3 is 5.32 Å². The third-order valence-electron chi connectivity index (χ3n) is 7.81. The number of hydrogen-bond donors (Lipinski definition) is 1. The molecule has 198 valence electrons. The van der Waals surface area contributed by atoms with Crippen molar-refractivity contribution in [2.45, 2.75) is 96.7 Å². The van der Waals surface area contributed by atoms with Crippen LogP contribution in [-0.4, -0.2) is 13.7 Å². The molecule has 37 heavy (non-hydrogen) atoms. The lowest BCUT2D eigenvalue weighted by atomic mass is 10.0. The Hall–Kier alpha value is -2.58. The van der Waals surface area contributed by atoms with Crippen LogP contribution in [0.3, 0.4) is 0 Å². The highest BCUT2D eigenvalue weighted by Gasteiger charge is 2.54. The number of benzene rings is 3. The summed E-state index contributed by atoms with van der Waals surface area (Å²) in [5.74, 6) is 0. The number of hydrogen-bond acceptors (Lipinski definition) is 1. The van der Waals surface area contributed by atoms with Gasteiger partial charge in [-0.3, -0.25) is 0 Å². The minimum Gasteiger partial charge on any atom is -0.380 e. The highest BCUT2D eigenvalue weighted by molar-refractivity contribution is 7.06. The van der Waals surface area contributed by atoms with Crippen molar-refractivity contribution in [3.63, 3.8) is 0 Å². The monoisotopic (exact) mass is 511 g/mol. The van der Waals surface area contributed by atoms with Crippen LogP contribution in [0.4, 0.5) is 5.69 Å². The van der Waals surface area contributed by atoms with Gasteiger partial charge in [0.1, 0.15) is 0 Å². The van der Waals surface area contributed by atoms with Crippen molar-refractivity contribution in [2.75, 3.05) is 5.32 Å². The van der Waals surface area contributed by atoms with Crippen molar-refractivity contribution < 1.29 is 0 Å². The SMILES string of the molecule is CCCCC/C=C(\CCCCC)C(Nc1ccccc1)[Si](c1ccccc1)(c1ccccc1)C(C)(C)C. The predicted octanol–water partition coefficient (Wildman–Crippen LogP) is 9.16. The van der Waals surface area contributed by atoms with Crippen LogP contribution < -0.4 is 15.7 Å². The summed E-state index contributed by atoms with van der Waals surface area (Å²) in [6.45, 7) is 12.1. The first-order chi connectivity index (χ1) is 17.9. The molecule has 0 aliphatic rings.